The smallest absolute Gasteiger partial charge is 0.150 e. The summed E-state index contributed by atoms with van der Waals surface area (Å²) in [5, 5.41) is 3.53. The first-order chi connectivity index (χ1) is 12.2. The van der Waals surface area contributed by atoms with Gasteiger partial charge in [-0.25, -0.2) is 0 Å². The van der Waals surface area contributed by atoms with Gasteiger partial charge in [0.15, 0.2) is 0 Å². The Balaban J connectivity index is 1.99. The van der Waals surface area contributed by atoms with Crippen LogP contribution in [0.5, 0.6) is 0 Å². The number of hydrogen-bond acceptors (Lipinski definition) is 3. The minimum Gasteiger partial charge on any atom is -0.333 e. The average Bonchev–Trinajstić information content (AvgIpc) is 3.05. The van der Waals surface area contributed by atoms with Crippen molar-refractivity contribution in [2.75, 3.05) is 11.4 Å². The quantitative estimate of drug-likeness (QED) is 0.455. The number of hydrogen-bond donors (Lipinski definition) is 0. The van der Waals surface area contributed by atoms with E-state index in [0.29, 0.717) is 5.56 Å². The van der Waals surface area contributed by atoms with E-state index in [1.165, 1.54) is 21.7 Å². The number of carbonyl (C=O) groups is 1. The van der Waals surface area contributed by atoms with Crippen molar-refractivity contribution in [1.82, 2.24) is 0 Å². The van der Waals surface area contributed by atoms with Gasteiger partial charge in [-0.1, -0.05) is 43.7 Å². The van der Waals surface area contributed by atoms with Gasteiger partial charge in [0.2, 0.25) is 0 Å². The molecular formula is C22H23NOS. The van der Waals surface area contributed by atoms with E-state index in [2.05, 4.69) is 48.4 Å². The molecule has 1 heterocycles. The van der Waals surface area contributed by atoms with Crippen molar-refractivity contribution in [2.45, 2.75) is 26.7 Å². The third-order valence-electron chi connectivity index (χ3n) is 4.42. The van der Waals surface area contributed by atoms with E-state index in [-0.39, 0.29) is 0 Å². The summed E-state index contributed by atoms with van der Waals surface area (Å²) < 4.78 is 0. The lowest BCUT2D eigenvalue weighted by atomic mass is 10.0. The molecule has 0 aliphatic rings. The zero-order valence-corrected chi connectivity index (χ0v) is 15.6. The molecule has 0 bridgehead atoms. The third-order valence-corrected chi connectivity index (χ3v) is 5.52. The summed E-state index contributed by atoms with van der Waals surface area (Å²) in [6.45, 7) is 5.39. The zero-order chi connectivity index (χ0) is 17.6. The van der Waals surface area contributed by atoms with E-state index in [0.717, 1.165) is 31.4 Å². The first-order valence-corrected chi connectivity index (χ1v) is 9.59. The van der Waals surface area contributed by atoms with Gasteiger partial charge in [0.1, 0.15) is 6.29 Å². The second-order valence-electron chi connectivity index (χ2n) is 6.16. The minimum atomic E-state index is 0.715. The Morgan fingerprint density at radius 2 is 1.76 bits per heavy atom. The fourth-order valence-electron chi connectivity index (χ4n) is 2.97. The first-order valence-electron chi connectivity index (χ1n) is 8.71. The molecule has 0 unspecified atom stereocenters. The Labute approximate surface area is 153 Å². The van der Waals surface area contributed by atoms with Crippen molar-refractivity contribution in [1.29, 1.82) is 0 Å². The van der Waals surface area contributed by atoms with Gasteiger partial charge >= 0.3 is 0 Å². The topological polar surface area (TPSA) is 20.3 Å². The molecule has 0 saturated heterocycles. The number of carbonyl (C=O) groups excluding carboxylic acids is 1. The number of aldehydes is 1. The van der Waals surface area contributed by atoms with Gasteiger partial charge in [0.05, 0.1) is 5.00 Å². The fourth-order valence-corrected chi connectivity index (χ4v) is 4.13. The van der Waals surface area contributed by atoms with Crippen molar-refractivity contribution >= 4 is 28.3 Å². The normalized spacial score (nSPS) is 10.6. The highest BCUT2D eigenvalue weighted by atomic mass is 32.1. The molecule has 0 saturated carbocycles. The summed E-state index contributed by atoms with van der Waals surface area (Å²) in [5.41, 5.74) is 5.73. The first kappa shape index (κ1) is 17.4. The van der Waals surface area contributed by atoms with Crippen LogP contribution >= 0.6 is 11.3 Å². The second-order valence-corrected chi connectivity index (χ2v) is 7.02. The lowest BCUT2D eigenvalue weighted by Gasteiger charge is -2.24. The molecule has 0 aliphatic carbocycles. The third kappa shape index (κ3) is 3.83. The minimum absolute atomic E-state index is 0.715. The summed E-state index contributed by atoms with van der Waals surface area (Å²) >= 11 is 1.79. The van der Waals surface area contributed by atoms with Crippen LogP contribution in [0.15, 0.2) is 60.0 Å². The summed E-state index contributed by atoms with van der Waals surface area (Å²) in [7, 11) is 0. The van der Waals surface area contributed by atoms with Gasteiger partial charge in [-0.15, -0.1) is 11.3 Å². The Bertz CT molecular complexity index is 821. The van der Waals surface area contributed by atoms with E-state index in [4.69, 9.17) is 0 Å². The van der Waals surface area contributed by atoms with Crippen molar-refractivity contribution in [3.8, 4) is 11.1 Å². The van der Waals surface area contributed by atoms with Gasteiger partial charge in [-0.3, -0.25) is 4.79 Å². The van der Waals surface area contributed by atoms with Crippen molar-refractivity contribution in [2.24, 2.45) is 0 Å². The number of thiophene rings is 1. The molecule has 0 N–H and O–H groups in total. The molecular weight excluding hydrogens is 326 g/mol. The fraction of sp³-hybridized carbons (Fsp3) is 0.227. The van der Waals surface area contributed by atoms with Crippen LogP contribution in [-0.4, -0.2) is 12.8 Å². The van der Waals surface area contributed by atoms with Crippen LogP contribution in [0.3, 0.4) is 0 Å². The molecule has 128 valence electrons. The van der Waals surface area contributed by atoms with Gasteiger partial charge in [0.25, 0.3) is 0 Å². The second kappa shape index (κ2) is 8.13. The molecule has 0 amide bonds. The standard InChI is InChI=1S/C22H23NOS/c1-3-4-14-23(20-12-10-18(15-24)11-13-20)22-17(2)21(16-25-22)19-8-6-5-7-9-19/h5-13,15-16H,3-4,14H2,1-2H3. The van der Waals surface area contributed by atoms with Crippen LogP contribution < -0.4 is 4.90 Å². The van der Waals surface area contributed by atoms with Crippen LogP contribution in [0, 0.1) is 6.92 Å². The van der Waals surface area contributed by atoms with E-state index >= 15 is 0 Å². The summed E-state index contributed by atoms with van der Waals surface area (Å²) in [4.78, 5) is 13.3. The van der Waals surface area contributed by atoms with Crippen molar-refractivity contribution < 1.29 is 4.79 Å². The van der Waals surface area contributed by atoms with E-state index < -0.39 is 0 Å². The van der Waals surface area contributed by atoms with Crippen molar-refractivity contribution in [3.05, 3.63) is 71.1 Å². The molecule has 25 heavy (non-hydrogen) atoms. The number of nitrogens with zero attached hydrogens (tertiary/aromatic N) is 1. The largest absolute Gasteiger partial charge is 0.333 e. The highest BCUT2D eigenvalue weighted by Crippen LogP contribution is 2.40. The maximum atomic E-state index is 10.9. The number of rotatable bonds is 7. The number of benzene rings is 2. The van der Waals surface area contributed by atoms with Crippen LogP contribution in [0.4, 0.5) is 10.7 Å². The number of unbranched alkanes of at least 4 members (excludes halogenated alkanes) is 1. The molecule has 3 aromatic rings. The summed E-state index contributed by atoms with van der Waals surface area (Å²) in [6.07, 6.45) is 3.18. The highest BCUT2D eigenvalue weighted by molar-refractivity contribution is 7.15. The monoisotopic (exact) mass is 349 g/mol. The molecule has 0 fully saturated rings. The van der Waals surface area contributed by atoms with Gasteiger partial charge in [-0.05, 0) is 54.3 Å². The van der Waals surface area contributed by atoms with Crippen LogP contribution in [0.2, 0.25) is 0 Å². The molecule has 0 radical (unpaired) electrons. The Morgan fingerprint density at radius 1 is 1.04 bits per heavy atom. The molecule has 0 spiro atoms. The summed E-state index contributed by atoms with van der Waals surface area (Å²) in [5.74, 6) is 0. The van der Waals surface area contributed by atoms with Crippen LogP contribution in [0.1, 0.15) is 35.7 Å². The van der Waals surface area contributed by atoms with E-state index in [1.807, 2.05) is 30.3 Å². The van der Waals surface area contributed by atoms with Gasteiger partial charge in [0, 0.05) is 23.2 Å². The van der Waals surface area contributed by atoms with Crippen LogP contribution in [0.25, 0.3) is 11.1 Å². The SMILES string of the molecule is CCCCN(c1ccc(C=O)cc1)c1scc(-c2ccccc2)c1C. The van der Waals surface area contributed by atoms with Gasteiger partial charge < -0.3 is 4.90 Å². The maximum absolute atomic E-state index is 10.9. The molecule has 2 nitrogen and oxygen atoms in total. The molecule has 0 aliphatic heterocycles. The molecule has 3 heteroatoms. The predicted octanol–water partition coefficient (Wildman–Crippen LogP) is 6.47. The molecule has 0 atom stereocenters. The Kier molecular flexibility index (Phi) is 5.67. The van der Waals surface area contributed by atoms with Gasteiger partial charge in [-0.2, -0.15) is 0 Å². The molecule has 1 aromatic heterocycles. The molecule has 2 aromatic carbocycles. The Hall–Kier alpha value is -2.39. The lowest BCUT2D eigenvalue weighted by molar-refractivity contribution is 0.112. The zero-order valence-electron chi connectivity index (χ0n) is 14.7. The lowest BCUT2D eigenvalue weighted by Crippen LogP contribution is -2.18. The van der Waals surface area contributed by atoms with Crippen molar-refractivity contribution in [3.63, 3.8) is 0 Å². The van der Waals surface area contributed by atoms with E-state index in [1.54, 1.807) is 11.3 Å². The summed E-state index contributed by atoms with van der Waals surface area (Å²) in [6, 6.07) is 18.4. The number of anilines is 2. The van der Waals surface area contributed by atoms with Crippen LogP contribution in [-0.2, 0) is 0 Å². The van der Waals surface area contributed by atoms with E-state index in [9.17, 15) is 4.79 Å². The predicted molar refractivity (Wildman–Crippen MR) is 108 cm³/mol. The molecule has 3 rings (SSSR count). The maximum Gasteiger partial charge on any atom is 0.150 e. The average molecular weight is 349 g/mol. The highest BCUT2D eigenvalue weighted by Gasteiger charge is 2.17. The Morgan fingerprint density at radius 3 is 2.40 bits per heavy atom.